The van der Waals surface area contributed by atoms with Crippen LogP contribution in [0.2, 0.25) is 0 Å². The Hall–Kier alpha value is -2.48. The number of aromatic hydroxyl groups is 2. The molecule has 0 spiro atoms. The zero-order valence-electron chi connectivity index (χ0n) is 13.9. The normalized spacial score (nSPS) is 10.2. The molecule has 0 saturated heterocycles. The van der Waals surface area contributed by atoms with Crippen LogP contribution in [0.15, 0.2) is 18.2 Å². The maximum Gasteiger partial charge on any atom is 0.347 e. The maximum absolute atomic E-state index is 11.8. The van der Waals surface area contributed by atoms with Crippen molar-refractivity contribution in [1.82, 2.24) is 21.7 Å². The van der Waals surface area contributed by atoms with Crippen molar-refractivity contribution >= 4 is 11.9 Å². The van der Waals surface area contributed by atoms with E-state index in [1.807, 2.05) is 0 Å². The molecule has 8 heteroatoms. The van der Waals surface area contributed by atoms with Gasteiger partial charge in [-0.15, -0.1) is 0 Å². The molecule has 0 radical (unpaired) electrons. The molecule has 0 heterocycles. The first-order valence-corrected chi connectivity index (χ1v) is 8.15. The minimum atomic E-state index is -0.696. The number of benzene rings is 1. The van der Waals surface area contributed by atoms with Crippen LogP contribution in [0, 0.1) is 0 Å². The monoisotopic (exact) mass is 338 g/mol. The Morgan fingerprint density at radius 3 is 2.38 bits per heavy atom. The van der Waals surface area contributed by atoms with E-state index in [1.54, 1.807) is 0 Å². The van der Waals surface area contributed by atoms with Gasteiger partial charge in [-0.2, -0.15) is 0 Å². The second-order valence-electron chi connectivity index (χ2n) is 5.43. The molecular weight excluding hydrogens is 312 g/mol. The molecule has 24 heavy (non-hydrogen) atoms. The Balaban J connectivity index is 2.14. The lowest BCUT2D eigenvalue weighted by atomic mass is 10.1. The second kappa shape index (κ2) is 11.1. The van der Waals surface area contributed by atoms with Gasteiger partial charge in [0.2, 0.25) is 0 Å². The van der Waals surface area contributed by atoms with Crippen LogP contribution in [0.5, 0.6) is 11.5 Å². The first kappa shape index (κ1) is 19.6. The molecule has 0 saturated carbocycles. The third kappa shape index (κ3) is 7.68. The van der Waals surface area contributed by atoms with Gasteiger partial charge < -0.3 is 10.2 Å². The SMILES string of the molecule is CCCCCCCCNNC(=O)NNC(=O)c1ccc(O)cc1O. The van der Waals surface area contributed by atoms with E-state index in [0.717, 1.165) is 18.9 Å². The van der Waals surface area contributed by atoms with Crippen molar-refractivity contribution in [2.75, 3.05) is 6.54 Å². The van der Waals surface area contributed by atoms with Crippen LogP contribution >= 0.6 is 0 Å². The lowest BCUT2D eigenvalue weighted by Gasteiger charge is -2.10. The van der Waals surface area contributed by atoms with Crippen LogP contribution in [0.4, 0.5) is 4.79 Å². The van der Waals surface area contributed by atoms with Crippen molar-refractivity contribution in [2.24, 2.45) is 0 Å². The summed E-state index contributed by atoms with van der Waals surface area (Å²) in [6.07, 6.45) is 6.96. The van der Waals surface area contributed by atoms with Crippen LogP contribution in [0.3, 0.4) is 0 Å². The van der Waals surface area contributed by atoms with Gasteiger partial charge in [-0.1, -0.05) is 39.0 Å². The van der Waals surface area contributed by atoms with E-state index in [-0.39, 0.29) is 17.1 Å². The molecule has 0 aromatic heterocycles. The number of hydrogen-bond acceptors (Lipinski definition) is 5. The third-order valence-corrected chi connectivity index (χ3v) is 3.37. The Labute approximate surface area is 141 Å². The van der Waals surface area contributed by atoms with Crippen LogP contribution in [0.25, 0.3) is 0 Å². The van der Waals surface area contributed by atoms with Gasteiger partial charge in [-0.25, -0.2) is 15.6 Å². The lowest BCUT2D eigenvalue weighted by molar-refractivity contribution is 0.0933. The van der Waals surface area contributed by atoms with Gasteiger partial charge in [0.15, 0.2) is 0 Å². The molecule has 0 fully saturated rings. The highest BCUT2D eigenvalue weighted by Gasteiger charge is 2.12. The molecule has 1 rings (SSSR count). The smallest absolute Gasteiger partial charge is 0.347 e. The molecule has 6 N–H and O–H groups in total. The van der Waals surface area contributed by atoms with E-state index in [4.69, 9.17) is 5.11 Å². The molecule has 1 aromatic rings. The summed E-state index contributed by atoms with van der Waals surface area (Å²) in [4.78, 5) is 23.3. The topological polar surface area (TPSA) is 123 Å². The summed E-state index contributed by atoms with van der Waals surface area (Å²) in [6.45, 7) is 2.82. The number of hydrogen-bond donors (Lipinski definition) is 6. The number of phenols is 2. The molecule has 0 bridgehead atoms. The number of unbranched alkanes of at least 4 members (excludes halogenated alkanes) is 5. The molecule has 0 unspecified atom stereocenters. The molecule has 134 valence electrons. The summed E-state index contributed by atoms with van der Waals surface area (Å²) in [5.41, 5.74) is 9.41. The maximum atomic E-state index is 11.8. The van der Waals surface area contributed by atoms with Gasteiger partial charge in [0.1, 0.15) is 11.5 Å². The fourth-order valence-electron chi connectivity index (χ4n) is 2.06. The minimum Gasteiger partial charge on any atom is -0.508 e. The highest BCUT2D eigenvalue weighted by atomic mass is 16.3. The number of rotatable bonds is 9. The van der Waals surface area contributed by atoms with E-state index in [1.165, 1.54) is 37.8 Å². The first-order chi connectivity index (χ1) is 11.5. The Kier molecular flexibility index (Phi) is 9.06. The second-order valence-corrected chi connectivity index (χ2v) is 5.43. The van der Waals surface area contributed by atoms with Crippen molar-refractivity contribution in [3.8, 4) is 11.5 Å². The van der Waals surface area contributed by atoms with E-state index >= 15 is 0 Å². The number of urea groups is 1. The molecule has 0 aliphatic heterocycles. The van der Waals surface area contributed by atoms with E-state index in [9.17, 15) is 14.7 Å². The van der Waals surface area contributed by atoms with Gasteiger partial charge >= 0.3 is 6.03 Å². The molecule has 0 aliphatic rings. The zero-order chi connectivity index (χ0) is 17.8. The Bertz CT molecular complexity index is 537. The standard InChI is InChI=1S/C16H26N4O4/c1-2-3-4-5-6-7-10-17-19-16(24)20-18-15(23)13-9-8-12(21)11-14(13)22/h8-9,11,17,21-22H,2-7,10H2,1H3,(H,18,23)(H2,19,20,24). The van der Waals surface area contributed by atoms with Crippen molar-refractivity contribution < 1.29 is 19.8 Å². The number of hydrazine groups is 2. The average Bonchev–Trinajstić information content (AvgIpc) is 2.55. The van der Waals surface area contributed by atoms with Gasteiger partial charge in [-0.05, 0) is 18.6 Å². The highest BCUT2D eigenvalue weighted by molar-refractivity contribution is 5.97. The van der Waals surface area contributed by atoms with Crippen molar-refractivity contribution in [2.45, 2.75) is 45.4 Å². The number of amides is 3. The van der Waals surface area contributed by atoms with Gasteiger partial charge in [0, 0.05) is 12.6 Å². The Morgan fingerprint density at radius 2 is 1.67 bits per heavy atom. The fourth-order valence-corrected chi connectivity index (χ4v) is 2.06. The fraction of sp³-hybridized carbons (Fsp3) is 0.500. The summed E-state index contributed by atoms with van der Waals surface area (Å²) < 4.78 is 0. The van der Waals surface area contributed by atoms with E-state index in [0.29, 0.717) is 6.54 Å². The molecule has 3 amide bonds. The summed E-state index contributed by atoms with van der Waals surface area (Å²) in [7, 11) is 0. The average molecular weight is 338 g/mol. The van der Waals surface area contributed by atoms with E-state index < -0.39 is 11.9 Å². The molecular formula is C16H26N4O4. The summed E-state index contributed by atoms with van der Waals surface area (Å²) in [5.74, 6) is -1.23. The number of phenolic OH excluding ortho intramolecular Hbond substituents is 2. The molecule has 1 aromatic carbocycles. The van der Waals surface area contributed by atoms with Crippen LogP contribution in [0.1, 0.15) is 55.8 Å². The Morgan fingerprint density at radius 1 is 0.958 bits per heavy atom. The summed E-state index contributed by atoms with van der Waals surface area (Å²) in [5, 5.41) is 18.7. The number of nitrogens with one attached hydrogen (secondary N) is 4. The summed E-state index contributed by atoms with van der Waals surface area (Å²) >= 11 is 0. The first-order valence-electron chi connectivity index (χ1n) is 8.15. The third-order valence-electron chi connectivity index (χ3n) is 3.37. The summed E-state index contributed by atoms with van der Waals surface area (Å²) in [6, 6.07) is 2.93. The highest BCUT2D eigenvalue weighted by Crippen LogP contribution is 2.21. The lowest BCUT2D eigenvalue weighted by Crippen LogP contribution is -2.51. The van der Waals surface area contributed by atoms with Gasteiger partial charge in [0.05, 0.1) is 5.56 Å². The predicted octanol–water partition coefficient (Wildman–Crippen LogP) is 1.91. The number of carbonyl (C=O) groups is 2. The largest absolute Gasteiger partial charge is 0.508 e. The van der Waals surface area contributed by atoms with Gasteiger partial charge in [-0.3, -0.25) is 15.6 Å². The quantitative estimate of drug-likeness (QED) is 0.303. The van der Waals surface area contributed by atoms with Gasteiger partial charge in [0.25, 0.3) is 5.91 Å². The van der Waals surface area contributed by atoms with Crippen LogP contribution in [-0.4, -0.2) is 28.7 Å². The molecule has 8 nitrogen and oxygen atoms in total. The zero-order valence-corrected chi connectivity index (χ0v) is 13.9. The van der Waals surface area contributed by atoms with Crippen LogP contribution in [-0.2, 0) is 0 Å². The minimum absolute atomic E-state index is 0.0619. The molecule has 0 aliphatic carbocycles. The van der Waals surface area contributed by atoms with Crippen molar-refractivity contribution in [3.63, 3.8) is 0 Å². The molecule has 0 atom stereocenters. The van der Waals surface area contributed by atoms with E-state index in [2.05, 4.69) is 28.6 Å². The van der Waals surface area contributed by atoms with Crippen LogP contribution < -0.4 is 21.7 Å². The number of carbonyl (C=O) groups excluding carboxylic acids is 2. The van der Waals surface area contributed by atoms with Crippen molar-refractivity contribution in [1.29, 1.82) is 0 Å². The predicted molar refractivity (Wildman–Crippen MR) is 90.3 cm³/mol. The van der Waals surface area contributed by atoms with Crippen molar-refractivity contribution in [3.05, 3.63) is 23.8 Å².